The summed E-state index contributed by atoms with van der Waals surface area (Å²) in [5, 5.41) is 0. The van der Waals surface area contributed by atoms with Crippen molar-refractivity contribution < 1.29 is 4.74 Å². The van der Waals surface area contributed by atoms with Crippen molar-refractivity contribution in [2.75, 3.05) is 13.2 Å². The van der Waals surface area contributed by atoms with Crippen molar-refractivity contribution in [2.45, 2.75) is 33.1 Å². The van der Waals surface area contributed by atoms with Crippen LogP contribution in [0.25, 0.3) is 0 Å². The highest BCUT2D eigenvalue weighted by Crippen LogP contribution is 2.30. The highest BCUT2D eigenvalue weighted by molar-refractivity contribution is 5.41. The molecule has 0 spiro atoms. The summed E-state index contributed by atoms with van der Waals surface area (Å²) in [4.78, 5) is 0. The molecule has 0 aromatic heterocycles. The predicted octanol–water partition coefficient (Wildman–Crippen LogP) is 2.59. The van der Waals surface area contributed by atoms with Crippen molar-refractivity contribution in [3.8, 4) is 5.75 Å². The Morgan fingerprint density at radius 2 is 1.88 bits per heavy atom. The minimum atomic E-state index is 0.712. The molecule has 88 valence electrons. The third-order valence-corrected chi connectivity index (χ3v) is 3.25. The van der Waals surface area contributed by atoms with Gasteiger partial charge in [-0.3, -0.25) is 0 Å². The van der Waals surface area contributed by atoms with Gasteiger partial charge in [0.15, 0.2) is 0 Å². The Hall–Kier alpha value is -1.02. The smallest absolute Gasteiger partial charge is 0.119 e. The van der Waals surface area contributed by atoms with Gasteiger partial charge in [-0.2, -0.15) is 0 Å². The van der Waals surface area contributed by atoms with Crippen LogP contribution in [0.15, 0.2) is 12.1 Å². The van der Waals surface area contributed by atoms with Crippen LogP contribution in [0.1, 0.15) is 29.5 Å². The van der Waals surface area contributed by atoms with E-state index in [9.17, 15) is 0 Å². The zero-order valence-electron chi connectivity index (χ0n) is 10.3. The SMILES string of the molecule is Cc1cc(OCC2CC2)cc(C)c1CCN. The first kappa shape index (κ1) is 11.5. The Labute approximate surface area is 97.8 Å². The first-order chi connectivity index (χ1) is 7.70. The number of benzene rings is 1. The number of rotatable bonds is 5. The van der Waals surface area contributed by atoms with Crippen LogP contribution in [0.2, 0.25) is 0 Å². The lowest BCUT2D eigenvalue weighted by atomic mass is 10.00. The summed E-state index contributed by atoms with van der Waals surface area (Å²) in [5.41, 5.74) is 9.59. The van der Waals surface area contributed by atoms with Gasteiger partial charge in [0.25, 0.3) is 0 Å². The molecule has 1 aromatic rings. The van der Waals surface area contributed by atoms with Crippen molar-refractivity contribution in [2.24, 2.45) is 11.7 Å². The van der Waals surface area contributed by atoms with Crippen molar-refractivity contribution in [3.05, 3.63) is 28.8 Å². The fraction of sp³-hybridized carbons (Fsp3) is 0.571. The van der Waals surface area contributed by atoms with Gasteiger partial charge in [-0.15, -0.1) is 0 Å². The minimum absolute atomic E-state index is 0.712. The van der Waals surface area contributed by atoms with Gasteiger partial charge in [-0.1, -0.05) is 0 Å². The molecule has 0 amide bonds. The van der Waals surface area contributed by atoms with Gasteiger partial charge in [0.2, 0.25) is 0 Å². The Kier molecular flexibility index (Phi) is 3.49. The molecule has 2 N–H and O–H groups in total. The van der Waals surface area contributed by atoms with Gasteiger partial charge in [-0.25, -0.2) is 0 Å². The molecule has 1 aliphatic rings. The summed E-state index contributed by atoms with van der Waals surface area (Å²) >= 11 is 0. The Balaban J connectivity index is 2.08. The van der Waals surface area contributed by atoms with Crippen LogP contribution in [0.5, 0.6) is 5.75 Å². The van der Waals surface area contributed by atoms with Gasteiger partial charge in [-0.05, 0) is 74.4 Å². The molecule has 0 saturated heterocycles. The van der Waals surface area contributed by atoms with Gasteiger partial charge in [0.1, 0.15) is 5.75 Å². The predicted molar refractivity (Wildman–Crippen MR) is 66.9 cm³/mol. The lowest BCUT2D eigenvalue weighted by Crippen LogP contribution is -2.07. The molecule has 0 bridgehead atoms. The normalized spacial score (nSPS) is 15.2. The molecule has 2 heteroatoms. The summed E-state index contributed by atoms with van der Waals surface area (Å²) in [5.74, 6) is 1.83. The largest absolute Gasteiger partial charge is 0.493 e. The third-order valence-electron chi connectivity index (χ3n) is 3.25. The average Bonchev–Trinajstić information content (AvgIpc) is 3.04. The van der Waals surface area contributed by atoms with E-state index in [4.69, 9.17) is 10.5 Å². The highest BCUT2D eigenvalue weighted by Gasteiger charge is 2.22. The molecule has 0 atom stereocenters. The van der Waals surface area contributed by atoms with Crippen LogP contribution < -0.4 is 10.5 Å². The highest BCUT2D eigenvalue weighted by atomic mass is 16.5. The molecule has 1 fully saturated rings. The fourth-order valence-electron chi connectivity index (χ4n) is 2.07. The lowest BCUT2D eigenvalue weighted by Gasteiger charge is -2.12. The standard InChI is InChI=1S/C14H21NO/c1-10-7-13(16-9-12-3-4-12)8-11(2)14(10)5-6-15/h7-8,12H,3-6,9,15H2,1-2H3. The molecule has 0 heterocycles. The average molecular weight is 219 g/mol. The van der Waals surface area contributed by atoms with Crippen LogP contribution in [0, 0.1) is 19.8 Å². The van der Waals surface area contributed by atoms with Crippen LogP contribution in [0.4, 0.5) is 0 Å². The minimum Gasteiger partial charge on any atom is -0.493 e. The molecule has 1 saturated carbocycles. The van der Waals surface area contributed by atoms with Crippen LogP contribution in [-0.2, 0) is 6.42 Å². The number of nitrogens with two attached hydrogens (primary N) is 1. The summed E-state index contributed by atoms with van der Waals surface area (Å²) in [6, 6.07) is 4.28. The molecule has 0 radical (unpaired) electrons. The van der Waals surface area contributed by atoms with E-state index in [1.54, 1.807) is 0 Å². The van der Waals surface area contributed by atoms with Gasteiger partial charge >= 0.3 is 0 Å². The van der Waals surface area contributed by atoms with Crippen molar-refractivity contribution in [3.63, 3.8) is 0 Å². The van der Waals surface area contributed by atoms with E-state index in [0.717, 1.165) is 24.7 Å². The molecule has 1 aliphatic carbocycles. The molecule has 0 unspecified atom stereocenters. The molecule has 16 heavy (non-hydrogen) atoms. The molecule has 2 rings (SSSR count). The second kappa shape index (κ2) is 4.88. The lowest BCUT2D eigenvalue weighted by molar-refractivity contribution is 0.299. The second-order valence-electron chi connectivity index (χ2n) is 4.83. The van der Waals surface area contributed by atoms with E-state index in [1.807, 2.05) is 0 Å². The van der Waals surface area contributed by atoms with E-state index < -0.39 is 0 Å². The maximum atomic E-state index is 5.79. The van der Waals surface area contributed by atoms with E-state index in [-0.39, 0.29) is 0 Å². The molecular formula is C14H21NO. The van der Waals surface area contributed by atoms with Gasteiger partial charge in [0.05, 0.1) is 6.61 Å². The van der Waals surface area contributed by atoms with Crippen LogP contribution in [-0.4, -0.2) is 13.2 Å². The Bertz CT molecular complexity index is 346. The molecule has 2 nitrogen and oxygen atoms in total. The van der Waals surface area contributed by atoms with Gasteiger partial charge in [0, 0.05) is 0 Å². The Morgan fingerprint density at radius 3 is 2.38 bits per heavy atom. The second-order valence-corrected chi connectivity index (χ2v) is 4.83. The maximum Gasteiger partial charge on any atom is 0.119 e. The monoisotopic (exact) mass is 219 g/mol. The quantitative estimate of drug-likeness (QED) is 0.826. The van der Waals surface area contributed by atoms with E-state index in [2.05, 4.69) is 26.0 Å². The maximum absolute atomic E-state index is 5.79. The van der Waals surface area contributed by atoms with Crippen molar-refractivity contribution in [1.29, 1.82) is 0 Å². The number of aryl methyl sites for hydroxylation is 2. The van der Waals surface area contributed by atoms with E-state index in [1.165, 1.54) is 29.5 Å². The zero-order chi connectivity index (χ0) is 11.5. The zero-order valence-corrected chi connectivity index (χ0v) is 10.3. The first-order valence-electron chi connectivity index (χ1n) is 6.13. The van der Waals surface area contributed by atoms with E-state index in [0.29, 0.717) is 6.54 Å². The first-order valence-corrected chi connectivity index (χ1v) is 6.13. The van der Waals surface area contributed by atoms with Crippen molar-refractivity contribution >= 4 is 0 Å². The Morgan fingerprint density at radius 1 is 1.25 bits per heavy atom. The third kappa shape index (κ3) is 2.76. The summed E-state index contributed by atoms with van der Waals surface area (Å²) < 4.78 is 5.79. The van der Waals surface area contributed by atoms with Crippen molar-refractivity contribution in [1.82, 2.24) is 0 Å². The molecular weight excluding hydrogens is 198 g/mol. The number of hydrogen-bond donors (Lipinski definition) is 1. The molecule has 1 aromatic carbocycles. The van der Waals surface area contributed by atoms with Gasteiger partial charge < -0.3 is 10.5 Å². The van der Waals surface area contributed by atoms with Crippen LogP contribution >= 0.6 is 0 Å². The summed E-state index contributed by atoms with van der Waals surface area (Å²) in [6.45, 7) is 5.88. The topological polar surface area (TPSA) is 35.2 Å². The van der Waals surface area contributed by atoms with Crippen LogP contribution in [0.3, 0.4) is 0 Å². The fourth-order valence-corrected chi connectivity index (χ4v) is 2.07. The number of hydrogen-bond acceptors (Lipinski definition) is 2. The molecule has 0 aliphatic heterocycles. The number of ether oxygens (including phenoxy) is 1. The summed E-state index contributed by atoms with van der Waals surface area (Å²) in [6.07, 6.45) is 3.63. The van der Waals surface area contributed by atoms with E-state index >= 15 is 0 Å². The summed E-state index contributed by atoms with van der Waals surface area (Å²) in [7, 11) is 0.